The molecule has 0 spiro atoms. The van der Waals surface area contributed by atoms with Gasteiger partial charge >= 0.3 is 0 Å². The Labute approximate surface area is 101 Å². The fourth-order valence-corrected chi connectivity index (χ4v) is 1.91. The fraction of sp³-hybridized carbons (Fsp3) is 0.818. The molecule has 1 saturated carbocycles. The van der Waals surface area contributed by atoms with Crippen molar-refractivity contribution in [3.63, 3.8) is 0 Å². The average Bonchev–Trinajstić information content (AvgIpc) is 2.25. The SMILES string of the molecule is CN(C(=O)C1(C(N)=NO)CCC1)C(C)(C)CO. The van der Waals surface area contributed by atoms with Crippen molar-refractivity contribution in [1.82, 2.24) is 4.90 Å². The molecule has 6 nitrogen and oxygen atoms in total. The molecule has 0 unspecified atom stereocenters. The van der Waals surface area contributed by atoms with Crippen LogP contribution in [0.1, 0.15) is 33.1 Å². The van der Waals surface area contributed by atoms with E-state index in [4.69, 9.17) is 10.9 Å². The average molecular weight is 243 g/mol. The van der Waals surface area contributed by atoms with Crippen molar-refractivity contribution >= 4 is 11.7 Å². The molecule has 0 aliphatic heterocycles. The molecule has 0 aromatic carbocycles. The minimum absolute atomic E-state index is 0.0330. The summed E-state index contributed by atoms with van der Waals surface area (Å²) in [5, 5.41) is 21.0. The van der Waals surface area contributed by atoms with E-state index < -0.39 is 11.0 Å². The molecular weight excluding hydrogens is 222 g/mol. The summed E-state index contributed by atoms with van der Waals surface area (Å²) < 4.78 is 0. The molecule has 1 aliphatic carbocycles. The molecule has 0 saturated heterocycles. The van der Waals surface area contributed by atoms with Crippen molar-refractivity contribution in [1.29, 1.82) is 0 Å². The van der Waals surface area contributed by atoms with Crippen molar-refractivity contribution in [3.05, 3.63) is 0 Å². The van der Waals surface area contributed by atoms with Crippen molar-refractivity contribution in [2.75, 3.05) is 13.7 Å². The van der Waals surface area contributed by atoms with Crippen molar-refractivity contribution in [3.8, 4) is 0 Å². The van der Waals surface area contributed by atoms with E-state index in [2.05, 4.69) is 5.16 Å². The van der Waals surface area contributed by atoms with Gasteiger partial charge in [-0.1, -0.05) is 11.6 Å². The summed E-state index contributed by atoms with van der Waals surface area (Å²) in [5.41, 5.74) is 4.09. The number of nitrogens with zero attached hydrogens (tertiary/aromatic N) is 2. The van der Waals surface area contributed by atoms with Crippen LogP contribution in [0.3, 0.4) is 0 Å². The summed E-state index contributed by atoms with van der Waals surface area (Å²) in [6.45, 7) is 3.40. The lowest BCUT2D eigenvalue weighted by Gasteiger charge is -2.45. The molecule has 98 valence electrons. The van der Waals surface area contributed by atoms with Crippen LogP contribution in [0.5, 0.6) is 0 Å². The van der Waals surface area contributed by atoms with Gasteiger partial charge in [0.05, 0.1) is 12.1 Å². The zero-order valence-corrected chi connectivity index (χ0v) is 10.6. The Morgan fingerprint density at radius 1 is 1.53 bits per heavy atom. The number of hydrogen-bond acceptors (Lipinski definition) is 4. The molecule has 1 aliphatic rings. The third-order valence-corrected chi connectivity index (χ3v) is 3.81. The third kappa shape index (κ3) is 2.09. The first-order valence-electron chi connectivity index (χ1n) is 5.69. The number of aliphatic hydroxyl groups is 1. The summed E-state index contributed by atoms with van der Waals surface area (Å²) in [7, 11) is 1.63. The Morgan fingerprint density at radius 2 is 2.06 bits per heavy atom. The number of hydrogen-bond donors (Lipinski definition) is 3. The van der Waals surface area contributed by atoms with Crippen LogP contribution in [-0.2, 0) is 4.79 Å². The van der Waals surface area contributed by atoms with Crippen LogP contribution in [-0.4, -0.2) is 46.1 Å². The first-order chi connectivity index (χ1) is 7.81. The second kappa shape index (κ2) is 4.52. The quantitative estimate of drug-likeness (QED) is 0.283. The minimum atomic E-state index is -0.879. The normalized spacial score (nSPS) is 19.6. The molecular formula is C11H21N3O3. The molecule has 1 amide bonds. The molecule has 0 atom stereocenters. The maximum Gasteiger partial charge on any atom is 0.236 e. The number of carbonyl (C=O) groups excluding carboxylic acids is 1. The number of oxime groups is 1. The third-order valence-electron chi connectivity index (χ3n) is 3.81. The number of aliphatic hydroxyl groups excluding tert-OH is 1. The maximum absolute atomic E-state index is 12.4. The van der Waals surface area contributed by atoms with Crippen molar-refractivity contribution < 1.29 is 15.1 Å². The molecule has 0 radical (unpaired) electrons. The fourth-order valence-electron chi connectivity index (χ4n) is 1.91. The predicted molar refractivity (Wildman–Crippen MR) is 63.6 cm³/mol. The summed E-state index contributed by atoms with van der Waals surface area (Å²) in [4.78, 5) is 13.9. The summed E-state index contributed by atoms with van der Waals surface area (Å²) >= 11 is 0. The monoisotopic (exact) mass is 243 g/mol. The first kappa shape index (κ1) is 13.8. The van der Waals surface area contributed by atoms with Crippen LogP contribution in [0.15, 0.2) is 5.16 Å². The van der Waals surface area contributed by atoms with Gasteiger partial charge in [0.1, 0.15) is 5.41 Å². The van der Waals surface area contributed by atoms with E-state index in [1.54, 1.807) is 20.9 Å². The molecule has 0 aromatic heterocycles. The molecule has 6 heteroatoms. The first-order valence-corrected chi connectivity index (χ1v) is 5.69. The smallest absolute Gasteiger partial charge is 0.236 e. The molecule has 0 heterocycles. The van der Waals surface area contributed by atoms with Gasteiger partial charge in [0.15, 0.2) is 5.84 Å². The predicted octanol–water partition coefficient (Wildman–Crippen LogP) is 0.132. The van der Waals surface area contributed by atoms with E-state index in [1.807, 2.05) is 0 Å². The molecule has 4 N–H and O–H groups in total. The van der Waals surface area contributed by atoms with Crippen LogP contribution < -0.4 is 5.73 Å². The van der Waals surface area contributed by atoms with E-state index in [9.17, 15) is 9.90 Å². The highest BCUT2D eigenvalue weighted by Crippen LogP contribution is 2.43. The Bertz CT molecular complexity index is 335. The number of carbonyl (C=O) groups is 1. The standard InChI is InChI=1S/C11H21N3O3/c1-10(2,7-15)14(3)9(16)11(5-4-6-11)8(12)13-17/h15,17H,4-7H2,1-3H3,(H2,12,13). The van der Waals surface area contributed by atoms with Crippen LogP contribution in [0, 0.1) is 5.41 Å². The summed E-state index contributed by atoms with van der Waals surface area (Å²) in [5.74, 6) is -0.229. The molecule has 0 aromatic rings. The highest BCUT2D eigenvalue weighted by atomic mass is 16.4. The Balaban J connectivity index is 2.96. The van der Waals surface area contributed by atoms with Gasteiger partial charge < -0.3 is 20.9 Å². The zero-order chi connectivity index (χ0) is 13.3. The van der Waals surface area contributed by atoms with Crippen molar-refractivity contribution in [2.24, 2.45) is 16.3 Å². The maximum atomic E-state index is 12.4. The van der Waals surface area contributed by atoms with Gasteiger partial charge in [-0.15, -0.1) is 0 Å². The highest BCUT2D eigenvalue weighted by Gasteiger charge is 2.51. The number of amides is 1. The molecule has 17 heavy (non-hydrogen) atoms. The summed E-state index contributed by atoms with van der Waals surface area (Å²) in [6.07, 6.45) is 2.07. The lowest BCUT2D eigenvalue weighted by molar-refractivity contribution is -0.147. The van der Waals surface area contributed by atoms with Gasteiger partial charge in [0, 0.05) is 7.05 Å². The summed E-state index contributed by atoms with van der Waals surface area (Å²) in [6, 6.07) is 0. The lowest BCUT2D eigenvalue weighted by atomic mass is 9.66. The van der Waals surface area contributed by atoms with Crippen LogP contribution in [0.25, 0.3) is 0 Å². The molecule has 1 rings (SSSR count). The molecule has 0 bridgehead atoms. The van der Waals surface area contributed by atoms with E-state index in [1.165, 1.54) is 4.90 Å². The van der Waals surface area contributed by atoms with E-state index in [0.717, 1.165) is 6.42 Å². The second-order valence-corrected chi connectivity index (χ2v) is 5.26. The molecule has 1 fully saturated rings. The van der Waals surface area contributed by atoms with Gasteiger partial charge in [0.25, 0.3) is 0 Å². The highest BCUT2D eigenvalue weighted by molar-refractivity contribution is 6.07. The van der Waals surface area contributed by atoms with E-state index in [0.29, 0.717) is 12.8 Å². The Morgan fingerprint density at radius 3 is 2.35 bits per heavy atom. The number of amidine groups is 1. The van der Waals surface area contributed by atoms with Gasteiger partial charge in [-0.05, 0) is 26.7 Å². The van der Waals surface area contributed by atoms with Gasteiger partial charge in [-0.3, -0.25) is 4.79 Å². The van der Waals surface area contributed by atoms with Crippen molar-refractivity contribution in [2.45, 2.75) is 38.6 Å². The van der Waals surface area contributed by atoms with Crippen LogP contribution >= 0.6 is 0 Å². The van der Waals surface area contributed by atoms with Crippen LogP contribution in [0.2, 0.25) is 0 Å². The minimum Gasteiger partial charge on any atom is -0.409 e. The Hall–Kier alpha value is -1.30. The Kier molecular flexibility index (Phi) is 3.66. The number of rotatable bonds is 4. The second-order valence-electron chi connectivity index (χ2n) is 5.26. The van der Waals surface area contributed by atoms with Gasteiger partial charge in [-0.2, -0.15) is 0 Å². The van der Waals surface area contributed by atoms with Crippen LogP contribution in [0.4, 0.5) is 0 Å². The number of likely N-dealkylation sites (N-methyl/N-ethyl adjacent to an activating group) is 1. The largest absolute Gasteiger partial charge is 0.409 e. The topological polar surface area (TPSA) is 99.2 Å². The lowest BCUT2D eigenvalue weighted by Crippen LogP contribution is -2.59. The van der Waals surface area contributed by atoms with Gasteiger partial charge in [0.2, 0.25) is 5.91 Å². The zero-order valence-electron chi connectivity index (χ0n) is 10.6. The van der Waals surface area contributed by atoms with Gasteiger partial charge in [-0.25, -0.2) is 0 Å². The van der Waals surface area contributed by atoms with E-state index in [-0.39, 0.29) is 18.3 Å². The van der Waals surface area contributed by atoms with E-state index >= 15 is 0 Å². The number of nitrogens with two attached hydrogens (primary N) is 1.